The zero-order chi connectivity index (χ0) is 20.4. The molecule has 7 nitrogen and oxygen atoms in total. The number of carbonyl (C=O) groups excluding carboxylic acids is 3. The van der Waals surface area contributed by atoms with Crippen LogP contribution in [0.2, 0.25) is 0 Å². The van der Waals surface area contributed by atoms with Gasteiger partial charge in [0.1, 0.15) is 5.82 Å². The van der Waals surface area contributed by atoms with E-state index in [4.69, 9.17) is 0 Å². The van der Waals surface area contributed by atoms with Crippen LogP contribution in [0.4, 0.5) is 4.39 Å². The van der Waals surface area contributed by atoms with Crippen LogP contribution < -0.4 is 16.0 Å². The lowest BCUT2D eigenvalue weighted by molar-refractivity contribution is -0.129. The quantitative estimate of drug-likeness (QED) is 0.626. The molecule has 3 N–H and O–H groups in total. The monoisotopic (exact) mass is 402 g/mol. The van der Waals surface area contributed by atoms with Crippen molar-refractivity contribution in [1.29, 1.82) is 0 Å². The topological polar surface area (TPSA) is 90.5 Å². The molecule has 8 heteroatoms. The first-order chi connectivity index (χ1) is 14.0. The van der Waals surface area contributed by atoms with Crippen molar-refractivity contribution in [3.63, 3.8) is 0 Å². The van der Waals surface area contributed by atoms with E-state index >= 15 is 0 Å². The average molecular weight is 402 g/mol. The predicted molar refractivity (Wildman–Crippen MR) is 104 cm³/mol. The van der Waals surface area contributed by atoms with Gasteiger partial charge < -0.3 is 16.0 Å². The Balaban J connectivity index is 1.25. The highest BCUT2D eigenvalue weighted by Gasteiger charge is 2.44. The number of hydrogen-bond acceptors (Lipinski definition) is 4. The normalized spacial score (nSPS) is 26.5. The van der Waals surface area contributed by atoms with Gasteiger partial charge in [-0.15, -0.1) is 0 Å². The zero-order valence-electron chi connectivity index (χ0n) is 16.3. The average Bonchev–Trinajstić information content (AvgIpc) is 3.47. The van der Waals surface area contributed by atoms with Gasteiger partial charge in [-0.2, -0.15) is 0 Å². The third-order valence-electron chi connectivity index (χ3n) is 6.02. The van der Waals surface area contributed by atoms with Gasteiger partial charge in [-0.3, -0.25) is 19.3 Å². The summed E-state index contributed by atoms with van der Waals surface area (Å²) in [5.41, 5.74) is 0.846. The lowest BCUT2D eigenvalue weighted by Crippen LogP contribution is -2.58. The van der Waals surface area contributed by atoms with E-state index in [1.807, 2.05) is 0 Å². The summed E-state index contributed by atoms with van der Waals surface area (Å²) in [7, 11) is 0. The lowest BCUT2D eigenvalue weighted by Gasteiger charge is -2.37. The molecule has 4 rings (SSSR count). The fraction of sp³-hybridized carbons (Fsp3) is 0.571. The van der Waals surface area contributed by atoms with Gasteiger partial charge in [0, 0.05) is 44.1 Å². The molecule has 156 valence electrons. The van der Waals surface area contributed by atoms with Gasteiger partial charge >= 0.3 is 0 Å². The molecule has 3 atom stereocenters. The maximum Gasteiger partial charge on any atom is 0.237 e. The molecular weight excluding hydrogens is 375 g/mol. The van der Waals surface area contributed by atoms with Crippen molar-refractivity contribution in [3.8, 4) is 0 Å². The number of halogens is 1. The Hall–Kier alpha value is -2.48. The number of piperazine rings is 1. The predicted octanol–water partition coefficient (Wildman–Crippen LogP) is 0.690. The summed E-state index contributed by atoms with van der Waals surface area (Å²) >= 11 is 0. The molecule has 2 aliphatic heterocycles. The minimum absolute atomic E-state index is 0.00480. The second kappa shape index (κ2) is 8.49. The van der Waals surface area contributed by atoms with E-state index in [1.165, 1.54) is 12.1 Å². The van der Waals surface area contributed by atoms with Crippen LogP contribution in [0.1, 0.15) is 37.7 Å². The van der Waals surface area contributed by atoms with Crippen molar-refractivity contribution >= 4 is 17.7 Å². The van der Waals surface area contributed by atoms with Gasteiger partial charge in [0.05, 0.1) is 6.04 Å². The van der Waals surface area contributed by atoms with Crippen LogP contribution in [0.5, 0.6) is 0 Å². The minimum Gasteiger partial charge on any atom is -0.353 e. The SMILES string of the molecule is O=C(CCC1CNC(=O)C2CC(NC(=O)C3CC3)CN12)NCc1ccc(F)cc1. The Bertz CT molecular complexity index is 781. The smallest absolute Gasteiger partial charge is 0.237 e. The molecule has 1 aromatic carbocycles. The van der Waals surface area contributed by atoms with Gasteiger partial charge in [0.2, 0.25) is 17.7 Å². The van der Waals surface area contributed by atoms with E-state index in [0.717, 1.165) is 18.4 Å². The number of nitrogens with zero attached hydrogens (tertiary/aromatic N) is 1. The Morgan fingerprint density at radius 3 is 2.69 bits per heavy atom. The lowest BCUT2D eigenvalue weighted by atomic mass is 10.0. The molecule has 3 fully saturated rings. The molecule has 29 heavy (non-hydrogen) atoms. The van der Waals surface area contributed by atoms with Gasteiger partial charge in [0.25, 0.3) is 0 Å². The molecule has 2 heterocycles. The largest absolute Gasteiger partial charge is 0.353 e. The molecule has 0 spiro atoms. The van der Waals surface area contributed by atoms with Crippen LogP contribution in [0.25, 0.3) is 0 Å². The fourth-order valence-corrected chi connectivity index (χ4v) is 4.20. The van der Waals surface area contributed by atoms with Crippen molar-refractivity contribution in [2.24, 2.45) is 5.92 Å². The Morgan fingerprint density at radius 2 is 1.97 bits per heavy atom. The fourth-order valence-electron chi connectivity index (χ4n) is 4.20. The van der Waals surface area contributed by atoms with Gasteiger partial charge in [-0.1, -0.05) is 12.1 Å². The van der Waals surface area contributed by atoms with Gasteiger partial charge in [-0.05, 0) is 43.4 Å². The van der Waals surface area contributed by atoms with Crippen molar-refractivity contribution < 1.29 is 18.8 Å². The van der Waals surface area contributed by atoms with Crippen LogP contribution in [-0.2, 0) is 20.9 Å². The van der Waals surface area contributed by atoms with Crippen molar-refractivity contribution in [1.82, 2.24) is 20.9 Å². The molecule has 0 radical (unpaired) electrons. The number of rotatable bonds is 7. The van der Waals surface area contributed by atoms with Crippen molar-refractivity contribution in [3.05, 3.63) is 35.6 Å². The van der Waals surface area contributed by atoms with E-state index in [9.17, 15) is 18.8 Å². The van der Waals surface area contributed by atoms with Crippen LogP contribution in [-0.4, -0.2) is 53.8 Å². The Morgan fingerprint density at radius 1 is 1.21 bits per heavy atom. The van der Waals surface area contributed by atoms with E-state index in [0.29, 0.717) is 38.9 Å². The van der Waals surface area contributed by atoms with E-state index in [-0.39, 0.29) is 47.6 Å². The van der Waals surface area contributed by atoms with Crippen LogP contribution in [0.3, 0.4) is 0 Å². The number of benzene rings is 1. The highest BCUT2D eigenvalue weighted by molar-refractivity contribution is 5.84. The highest BCUT2D eigenvalue weighted by Crippen LogP contribution is 2.30. The first kappa shape index (κ1) is 19.8. The Kier molecular flexibility index (Phi) is 5.80. The first-order valence-electron chi connectivity index (χ1n) is 10.3. The molecule has 3 aliphatic rings. The summed E-state index contributed by atoms with van der Waals surface area (Å²) in [6.45, 7) is 1.53. The van der Waals surface area contributed by atoms with Crippen LogP contribution in [0, 0.1) is 11.7 Å². The number of carbonyl (C=O) groups is 3. The summed E-state index contributed by atoms with van der Waals surface area (Å²) in [4.78, 5) is 38.7. The van der Waals surface area contributed by atoms with E-state index in [1.54, 1.807) is 12.1 Å². The van der Waals surface area contributed by atoms with Crippen LogP contribution >= 0.6 is 0 Å². The summed E-state index contributed by atoms with van der Waals surface area (Å²) in [5.74, 6) is -0.106. The molecule has 1 aromatic rings. The van der Waals surface area contributed by atoms with E-state index in [2.05, 4.69) is 20.9 Å². The van der Waals surface area contributed by atoms with Gasteiger partial charge in [-0.25, -0.2) is 4.39 Å². The van der Waals surface area contributed by atoms with Crippen molar-refractivity contribution in [2.45, 2.75) is 56.8 Å². The second-order valence-electron chi connectivity index (χ2n) is 8.27. The van der Waals surface area contributed by atoms with Gasteiger partial charge in [0.15, 0.2) is 0 Å². The minimum atomic E-state index is -0.300. The highest BCUT2D eigenvalue weighted by atomic mass is 19.1. The molecule has 0 bridgehead atoms. The molecule has 1 saturated carbocycles. The summed E-state index contributed by atoms with van der Waals surface area (Å²) in [6.07, 6.45) is 3.53. The first-order valence-corrected chi connectivity index (χ1v) is 10.3. The van der Waals surface area contributed by atoms with Crippen LogP contribution in [0.15, 0.2) is 24.3 Å². The third-order valence-corrected chi connectivity index (χ3v) is 6.02. The third kappa shape index (κ3) is 4.93. The zero-order valence-corrected chi connectivity index (χ0v) is 16.3. The summed E-state index contributed by atoms with van der Waals surface area (Å²) < 4.78 is 12.9. The van der Waals surface area contributed by atoms with Crippen molar-refractivity contribution in [2.75, 3.05) is 13.1 Å². The summed E-state index contributed by atoms with van der Waals surface area (Å²) in [6, 6.07) is 5.88. The molecule has 3 unspecified atom stereocenters. The standard InChI is InChI=1S/C21H27FN4O3/c22-15-5-1-13(2-6-15)10-23-19(27)8-7-17-11-24-21(29)18-9-16(12-26(17)18)25-20(28)14-3-4-14/h1-2,5-6,14,16-18H,3-4,7-12H2,(H,23,27)(H,24,29)(H,25,28). The van der Waals surface area contributed by atoms with E-state index < -0.39 is 0 Å². The number of amides is 3. The molecule has 0 aromatic heterocycles. The second-order valence-corrected chi connectivity index (χ2v) is 8.27. The summed E-state index contributed by atoms with van der Waals surface area (Å²) in [5, 5.41) is 8.87. The molecular formula is C21H27FN4O3. The maximum atomic E-state index is 12.9. The molecule has 1 aliphatic carbocycles. The molecule has 3 amide bonds. The number of hydrogen-bond donors (Lipinski definition) is 3. The molecule has 2 saturated heterocycles. The number of nitrogens with one attached hydrogen (secondary N) is 3. The number of fused-ring (bicyclic) bond motifs is 1. The maximum absolute atomic E-state index is 12.9. The Labute approximate surface area is 169 Å².